The summed E-state index contributed by atoms with van der Waals surface area (Å²) >= 11 is 0. The average Bonchev–Trinajstić information content (AvgIpc) is 2.00. The van der Waals surface area contributed by atoms with Crippen molar-refractivity contribution in [3.8, 4) is 0 Å². The molecule has 0 saturated heterocycles. The summed E-state index contributed by atoms with van der Waals surface area (Å²) < 4.78 is 11.5. The molecule has 0 aliphatic rings. The Kier molecular flexibility index (Phi) is 4.89. The third-order valence-corrected chi connectivity index (χ3v) is 4.52. The van der Waals surface area contributed by atoms with Crippen molar-refractivity contribution in [3.63, 3.8) is 0 Å². The Morgan fingerprint density at radius 3 is 1.60 bits per heavy atom. The molecule has 1 radical (unpaired) electrons. The molecule has 61 valence electrons. The van der Waals surface area contributed by atoms with Gasteiger partial charge in [0, 0.05) is 11.3 Å². The zero-order valence-corrected chi connectivity index (χ0v) is 8.32. The van der Waals surface area contributed by atoms with Crippen molar-refractivity contribution >= 4 is 7.80 Å². The fourth-order valence-electron chi connectivity index (χ4n) is 0.794. The monoisotopic (exact) mass is 161 g/mol. The Morgan fingerprint density at radius 1 is 1.10 bits per heavy atom. The van der Waals surface area contributed by atoms with Crippen LogP contribution in [0, 0.1) is 0 Å². The van der Waals surface area contributed by atoms with Crippen LogP contribution in [-0.2, 0) is 4.57 Å². The highest BCUT2D eigenvalue weighted by Crippen LogP contribution is 2.36. The number of hydrogen-bond donors (Lipinski definition) is 0. The summed E-state index contributed by atoms with van der Waals surface area (Å²) in [5.74, 6) is 0. The van der Waals surface area contributed by atoms with Crippen LogP contribution < -0.4 is 0 Å². The minimum Gasteiger partial charge on any atom is -0.287 e. The molecule has 2 heteroatoms. The van der Waals surface area contributed by atoms with Gasteiger partial charge < -0.3 is 0 Å². The van der Waals surface area contributed by atoms with Crippen molar-refractivity contribution in [2.24, 2.45) is 0 Å². The van der Waals surface area contributed by atoms with E-state index >= 15 is 0 Å². The van der Waals surface area contributed by atoms with E-state index < -0.39 is 7.80 Å². The van der Waals surface area contributed by atoms with E-state index in [0.29, 0.717) is 11.3 Å². The molecule has 0 rings (SSSR count). The second-order valence-electron chi connectivity index (χ2n) is 2.87. The predicted molar refractivity (Wildman–Crippen MR) is 47.1 cm³/mol. The zero-order valence-electron chi connectivity index (χ0n) is 7.42. The summed E-state index contributed by atoms with van der Waals surface area (Å²) in [7, 11) is -0.953. The molecule has 0 fully saturated rings. The van der Waals surface area contributed by atoms with E-state index in [9.17, 15) is 4.57 Å². The van der Waals surface area contributed by atoms with Crippen molar-refractivity contribution in [2.45, 2.75) is 51.9 Å². The van der Waals surface area contributed by atoms with E-state index in [4.69, 9.17) is 0 Å². The first-order chi connectivity index (χ1) is 4.63. The van der Waals surface area contributed by atoms with Crippen LogP contribution >= 0.6 is 7.80 Å². The molecule has 0 aliphatic carbocycles. The average molecular weight is 161 g/mol. The summed E-state index contributed by atoms with van der Waals surface area (Å²) in [6, 6.07) is 0. The van der Waals surface area contributed by atoms with Gasteiger partial charge in [0.1, 0.15) is 0 Å². The Labute approximate surface area is 65.0 Å². The molecular formula is C8H18OP. The van der Waals surface area contributed by atoms with Gasteiger partial charge in [-0.25, -0.2) is 0 Å². The topological polar surface area (TPSA) is 17.1 Å². The van der Waals surface area contributed by atoms with Gasteiger partial charge in [0.25, 0.3) is 0 Å². The second kappa shape index (κ2) is 4.85. The third-order valence-electron chi connectivity index (χ3n) is 2.05. The van der Waals surface area contributed by atoms with Crippen LogP contribution in [0.3, 0.4) is 0 Å². The van der Waals surface area contributed by atoms with Crippen LogP contribution in [-0.4, -0.2) is 11.3 Å². The molecule has 1 nitrogen and oxygen atoms in total. The summed E-state index contributed by atoms with van der Waals surface area (Å²) in [4.78, 5) is 0. The van der Waals surface area contributed by atoms with Crippen molar-refractivity contribution in [2.75, 3.05) is 0 Å². The van der Waals surface area contributed by atoms with Crippen LogP contribution in [0.15, 0.2) is 0 Å². The van der Waals surface area contributed by atoms with Gasteiger partial charge in [-0.2, -0.15) is 0 Å². The highest BCUT2D eigenvalue weighted by Gasteiger charge is 2.14. The predicted octanol–water partition coefficient (Wildman–Crippen LogP) is 3.41. The van der Waals surface area contributed by atoms with Gasteiger partial charge >= 0.3 is 0 Å². The van der Waals surface area contributed by atoms with E-state index in [-0.39, 0.29) is 0 Å². The molecule has 0 amide bonds. The molecule has 10 heavy (non-hydrogen) atoms. The lowest BCUT2D eigenvalue weighted by Gasteiger charge is -2.12. The van der Waals surface area contributed by atoms with Gasteiger partial charge in [0.05, 0.1) is 7.80 Å². The largest absolute Gasteiger partial charge is 0.287 e. The van der Waals surface area contributed by atoms with Gasteiger partial charge in [-0.05, 0) is 12.8 Å². The smallest absolute Gasteiger partial charge is 0.0775 e. The molecule has 2 atom stereocenters. The molecule has 0 bridgehead atoms. The van der Waals surface area contributed by atoms with Crippen molar-refractivity contribution < 1.29 is 4.57 Å². The van der Waals surface area contributed by atoms with Gasteiger partial charge in [0.15, 0.2) is 0 Å². The summed E-state index contributed by atoms with van der Waals surface area (Å²) in [6.45, 7) is 8.34. The summed E-state index contributed by atoms with van der Waals surface area (Å²) in [5, 5.41) is 0. The first-order valence-corrected chi connectivity index (χ1v) is 5.48. The first kappa shape index (κ1) is 10.1. The minimum absolute atomic E-state index is 0.407. The van der Waals surface area contributed by atoms with Gasteiger partial charge in [-0.3, -0.25) is 4.57 Å². The molecular weight excluding hydrogens is 143 g/mol. The third kappa shape index (κ3) is 2.79. The van der Waals surface area contributed by atoms with E-state index in [1.807, 2.05) is 0 Å². The van der Waals surface area contributed by atoms with Gasteiger partial charge in [0.2, 0.25) is 0 Å². The zero-order chi connectivity index (χ0) is 8.15. The highest BCUT2D eigenvalue weighted by molar-refractivity contribution is 7.46. The van der Waals surface area contributed by atoms with E-state index in [1.54, 1.807) is 0 Å². The fourth-order valence-corrected chi connectivity index (χ4v) is 2.38. The van der Waals surface area contributed by atoms with Crippen molar-refractivity contribution in [3.05, 3.63) is 0 Å². The fraction of sp³-hybridized carbons (Fsp3) is 1.00. The Morgan fingerprint density at radius 2 is 1.40 bits per heavy atom. The van der Waals surface area contributed by atoms with Crippen LogP contribution in [0.4, 0.5) is 0 Å². The molecule has 0 aromatic heterocycles. The molecule has 0 aromatic carbocycles. The number of rotatable bonds is 4. The lowest BCUT2D eigenvalue weighted by molar-refractivity contribution is 0.568. The van der Waals surface area contributed by atoms with Crippen LogP contribution in [0.1, 0.15) is 40.5 Å². The normalized spacial score (nSPS) is 18.2. The van der Waals surface area contributed by atoms with Crippen LogP contribution in [0.5, 0.6) is 0 Å². The van der Waals surface area contributed by atoms with Crippen molar-refractivity contribution in [1.29, 1.82) is 0 Å². The van der Waals surface area contributed by atoms with Gasteiger partial charge in [-0.1, -0.05) is 27.7 Å². The van der Waals surface area contributed by atoms with Crippen LogP contribution in [0.25, 0.3) is 0 Å². The van der Waals surface area contributed by atoms with Crippen LogP contribution in [0.2, 0.25) is 0 Å². The van der Waals surface area contributed by atoms with E-state index in [2.05, 4.69) is 27.7 Å². The maximum Gasteiger partial charge on any atom is 0.0775 e. The molecule has 0 aromatic rings. The quantitative estimate of drug-likeness (QED) is 0.577. The van der Waals surface area contributed by atoms with E-state index in [1.165, 1.54) is 0 Å². The lowest BCUT2D eigenvalue weighted by Crippen LogP contribution is -2.02. The second-order valence-corrected chi connectivity index (χ2v) is 5.36. The molecule has 0 spiro atoms. The maximum absolute atomic E-state index is 11.5. The molecule has 0 saturated carbocycles. The first-order valence-electron chi connectivity index (χ1n) is 4.08. The number of hydrogen-bond acceptors (Lipinski definition) is 1. The SMILES string of the molecule is CCC(C)[P](=O)C(C)CC. The molecule has 0 heterocycles. The molecule has 2 unspecified atom stereocenters. The maximum atomic E-state index is 11.5. The summed E-state index contributed by atoms with van der Waals surface area (Å²) in [5.41, 5.74) is 0.815. The Balaban J connectivity index is 3.82. The van der Waals surface area contributed by atoms with E-state index in [0.717, 1.165) is 12.8 Å². The standard InChI is InChI=1S/C8H18OP/c1-5-7(3)10(9)8(4)6-2/h7-8H,5-6H2,1-4H3. The Bertz CT molecular complexity index is 99.8. The summed E-state index contributed by atoms with van der Waals surface area (Å²) in [6.07, 6.45) is 2.08. The van der Waals surface area contributed by atoms with Gasteiger partial charge in [-0.15, -0.1) is 0 Å². The molecule has 0 aliphatic heterocycles. The highest BCUT2D eigenvalue weighted by atomic mass is 31.1. The Hall–Kier alpha value is 0.100. The van der Waals surface area contributed by atoms with Crippen molar-refractivity contribution in [1.82, 2.24) is 0 Å². The minimum atomic E-state index is -0.953. The lowest BCUT2D eigenvalue weighted by atomic mass is 10.4. The molecule has 0 N–H and O–H groups in total.